The molecule has 6 heteroatoms. The van der Waals surface area contributed by atoms with Crippen LogP contribution in [0.25, 0.3) is 0 Å². The van der Waals surface area contributed by atoms with E-state index in [0.717, 1.165) is 0 Å². The van der Waals surface area contributed by atoms with E-state index in [2.05, 4.69) is 5.16 Å². The third-order valence-electron chi connectivity index (χ3n) is 2.70. The molecule has 1 heterocycles. The molecule has 0 bridgehead atoms. The van der Waals surface area contributed by atoms with Crippen LogP contribution in [0.2, 0.25) is 0 Å². The Bertz CT molecular complexity index is 439. The first-order valence-corrected chi connectivity index (χ1v) is 5.73. The number of hydrogen-bond donors (Lipinski definition) is 1. The molecule has 1 amide bonds. The lowest BCUT2D eigenvalue weighted by molar-refractivity contribution is -0.150. The maximum Gasteiger partial charge on any atom is 0.326 e. The van der Waals surface area contributed by atoms with E-state index in [1.54, 1.807) is 26.8 Å². The van der Waals surface area contributed by atoms with Crippen molar-refractivity contribution in [3.8, 4) is 0 Å². The van der Waals surface area contributed by atoms with Gasteiger partial charge in [0.25, 0.3) is 0 Å². The third-order valence-corrected chi connectivity index (χ3v) is 2.70. The largest absolute Gasteiger partial charge is 0.480 e. The zero-order chi connectivity index (χ0) is 13.9. The minimum absolute atomic E-state index is 0.0460. The number of likely N-dealkylation sites (N-methyl/N-ethyl adjacent to an activating group) is 1. The Morgan fingerprint density at radius 1 is 1.50 bits per heavy atom. The van der Waals surface area contributed by atoms with Crippen LogP contribution in [-0.2, 0) is 16.0 Å². The van der Waals surface area contributed by atoms with E-state index in [0.29, 0.717) is 11.5 Å². The molecule has 0 aromatic carbocycles. The van der Waals surface area contributed by atoms with E-state index < -0.39 is 12.0 Å². The highest BCUT2D eigenvalue weighted by atomic mass is 16.5. The van der Waals surface area contributed by atoms with Crippen molar-refractivity contribution in [1.82, 2.24) is 10.1 Å². The van der Waals surface area contributed by atoms with Gasteiger partial charge in [-0.05, 0) is 12.8 Å². The van der Waals surface area contributed by atoms with Gasteiger partial charge in [0, 0.05) is 13.1 Å². The minimum Gasteiger partial charge on any atom is -0.480 e. The lowest BCUT2D eigenvalue weighted by Gasteiger charge is -2.27. The number of carboxylic acid groups (broad SMARTS) is 1. The van der Waals surface area contributed by atoms with Gasteiger partial charge in [0.1, 0.15) is 11.8 Å². The Kier molecular flexibility index (Phi) is 4.47. The molecule has 0 radical (unpaired) electrons. The van der Waals surface area contributed by atoms with Crippen LogP contribution in [0, 0.1) is 12.8 Å². The summed E-state index contributed by atoms with van der Waals surface area (Å²) in [6, 6.07) is 0.835. The van der Waals surface area contributed by atoms with Gasteiger partial charge < -0.3 is 14.5 Å². The van der Waals surface area contributed by atoms with Crippen molar-refractivity contribution < 1.29 is 19.2 Å². The number of aromatic nitrogens is 1. The summed E-state index contributed by atoms with van der Waals surface area (Å²) >= 11 is 0. The second-order valence-corrected chi connectivity index (χ2v) is 4.64. The lowest BCUT2D eigenvalue weighted by atomic mass is 10.0. The Morgan fingerprint density at radius 3 is 2.50 bits per heavy atom. The van der Waals surface area contributed by atoms with Gasteiger partial charge in [-0.15, -0.1) is 0 Å². The predicted molar refractivity (Wildman–Crippen MR) is 64.0 cm³/mol. The fraction of sp³-hybridized carbons (Fsp3) is 0.583. The van der Waals surface area contributed by atoms with Crippen LogP contribution >= 0.6 is 0 Å². The number of rotatable bonds is 5. The first-order chi connectivity index (χ1) is 8.32. The van der Waals surface area contributed by atoms with E-state index in [1.807, 2.05) is 0 Å². The lowest BCUT2D eigenvalue weighted by Crippen LogP contribution is -2.46. The van der Waals surface area contributed by atoms with Gasteiger partial charge >= 0.3 is 5.97 Å². The van der Waals surface area contributed by atoms with Gasteiger partial charge in [0.2, 0.25) is 5.91 Å². The highest BCUT2D eigenvalue weighted by molar-refractivity contribution is 5.84. The summed E-state index contributed by atoms with van der Waals surface area (Å²) in [5.41, 5.74) is 0.511. The molecule has 0 aliphatic rings. The number of carbonyl (C=O) groups is 2. The van der Waals surface area contributed by atoms with Crippen molar-refractivity contribution in [2.24, 2.45) is 5.92 Å². The fourth-order valence-corrected chi connectivity index (χ4v) is 1.83. The van der Waals surface area contributed by atoms with Gasteiger partial charge in [0.15, 0.2) is 0 Å². The number of aryl methyl sites for hydroxylation is 1. The Hall–Kier alpha value is -1.85. The zero-order valence-corrected chi connectivity index (χ0v) is 11.0. The minimum atomic E-state index is -1.00. The van der Waals surface area contributed by atoms with Gasteiger partial charge in [-0.25, -0.2) is 4.79 Å². The van der Waals surface area contributed by atoms with E-state index in [1.165, 1.54) is 11.9 Å². The Balaban J connectivity index is 2.73. The van der Waals surface area contributed by atoms with E-state index >= 15 is 0 Å². The summed E-state index contributed by atoms with van der Waals surface area (Å²) < 4.78 is 4.86. The van der Waals surface area contributed by atoms with Crippen LogP contribution in [0.5, 0.6) is 0 Å². The fourth-order valence-electron chi connectivity index (χ4n) is 1.83. The molecular weight excluding hydrogens is 236 g/mol. The molecule has 0 aliphatic heterocycles. The summed E-state index contributed by atoms with van der Waals surface area (Å²) in [5.74, 6) is -0.823. The summed E-state index contributed by atoms with van der Waals surface area (Å²) in [6.07, 6.45) is 0.0460. The summed E-state index contributed by atoms with van der Waals surface area (Å²) in [6.45, 7) is 5.27. The maximum atomic E-state index is 12.0. The van der Waals surface area contributed by atoms with Crippen LogP contribution in [-0.4, -0.2) is 40.1 Å². The first kappa shape index (κ1) is 14.2. The summed E-state index contributed by atoms with van der Waals surface area (Å²) in [4.78, 5) is 24.3. The van der Waals surface area contributed by atoms with Gasteiger partial charge in [-0.3, -0.25) is 4.79 Å². The number of aliphatic carboxylic acids is 1. The zero-order valence-electron chi connectivity index (χ0n) is 11.0. The molecule has 1 aromatic rings. The number of hydrogen-bond acceptors (Lipinski definition) is 4. The Labute approximate surface area is 106 Å². The second kappa shape index (κ2) is 5.66. The van der Waals surface area contributed by atoms with Crippen molar-refractivity contribution in [3.63, 3.8) is 0 Å². The molecule has 1 atom stereocenters. The smallest absolute Gasteiger partial charge is 0.326 e. The van der Waals surface area contributed by atoms with E-state index in [-0.39, 0.29) is 18.2 Å². The molecular formula is C12H18N2O4. The molecule has 1 rings (SSSR count). The normalized spacial score (nSPS) is 12.5. The van der Waals surface area contributed by atoms with Gasteiger partial charge in [-0.1, -0.05) is 19.0 Å². The molecule has 6 nitrogen and oxygen atoms in total. The molecule has 0 saturated carbocycles. The van der Waals surface area contributed by atoms with Crippen LogP contribution in [0.15, 0.2) is 10.6 Å². The maximum absolute atomic E-state index is 12.0. The topological polar surface area (TPSA) is 83.6 Å². The highest BCUT2D eigenvalue weighted by Gasteiger charge is 2.29. The monoisotopic (exact) mass is 254 g/mol. The molecule has 100 valence electrons. The molecule has 0 aliphatic carbocycles. The number of carboxylic acids is 1. The average Bonchev–Trinajstić information content (AvgIpc) is 2.62. The number of carbonyl (C=O) groups excluding carboxylic acids is 1. The SMILES string of the molecule is Cc1cc(CC(=O)N(C)C(C(=O)O)C(C)C)no1. The third kappa shape index (κ3) is 3.32. The van der Waals surface area contributed by atoms with Crippen LogP contribution in [0.4, 0.5) is 0 Å². The van der Waals surface area contributed by atoms with E-state index in [9.17, 15) is 9.59 Å². The van der Waals surface area contributed by atoms with Crippen LogP contribution < -0.4 is 0 Å². The molecule has 1 aromatic heterocycles. The van der Waals surface area contributed by atoms with Crippen molar-refractivity contribution >= 4 is 11.9 Å². The van der Waals surface area contributed by atoms with E-state index in [4.69, 9.17) is 9.63 Å². The molecule has 1 N–H and O–H groups in total. The average molecular weight is 254 g/mol. The van der Waals surface area contributed by atoms with Crippen molar-refractivity contribution in [3.05, 3.63) is 17.5 Å². The quantitative estimate of drug-likeness (QED) is 0.850. The van der Waals surface area contributed by atoms with Crippen molar-refractivity contribution in [2.45, 2.75) is 33.2 Å². The van der Waals surface area contributed by atoms with Gasteiger partial charge in [0.05, 0.1) is 12.1 Å². The molecule has 0 spiro atoms. The summed E-state index contributed by atoms with van der Waals surface area (Å²) in [5, 5.41) is 12.8. The Morgan fingerprint density at radius 2 is 2.11 bits per heavy atom. The predicted octanol–water partition coefficient (Wildman–Crippen LogP) is 1.09. The van der Waals surface area contributed by atoms with Crippen molar-refractivity contribution in [1.29, 1.82) is 0 Å². The molecule has 0 saturated heterocycles. The van der Waals surface area contributed by atoms with Crippen LogP contribution in [0.3, 0.4) is 0 Å². The van der Waals surface area contributed by atoms with Crippen molar-refractivity contribution in [2.75, 3.05) is 7.05 Å². The first-order valence-electron chi connectivity index (χ1n) is 5.73. The standard InChI is InChI=1S/C12H18N2O4/c1-7(2)11(12(16)17)14(4)10(15)6-9-5-8(3)18-13-9/h5,7,11H,6H2,1-4H3,(H,16,17). The van der Waals surface area contributed by atoms with Gasteiger partial charge in [-0.2, -0.15) is 0 Å². The second-order valence-electron chi connectivity index (χ2n) is 4.64. The number of nitrogens with zero attached hydrogens (tertiary/aromatic N) is 2. The molecule has 0 fully saturated rings. The molecule has 1 unspecified atom stereocenters. The van der Waals surface area contributed by atoms with Crippen LogP contribution in [0.1, 0.15) is 25.3 Å². The highest BCUT2D eigenvalue weighted by Crippen LogP contribution is 2.12. The number of amides is 1. The molecule has 18 heavy (non-hydrogen) atoms. The summed E-state index contributed by atoms with van der Waals surface area (Å²) in [7, 11) is 1.49.